The first kappa shape index (κ1) is 16.9. The minimum atomic E-state index is 0.225. The fourth-order valence-electron chi connectivity index (χ4n) is 2.17. The minimum Gasteiger partial charge on any atom is -0.265 e. The highest BCUT2D eigenvalue weighted by molar-refractivity contribution is 5.73. The van der Waals surface area contributed by atoms with E-state index in [1.165, 1.54) is 37.7 Å². The highest BCUT2D eigenvalue weighted by Crippen LogP contribution is 2.36. The Labute approximate surface area is 113 Å². The Kier molecular flexibility index (Phi) is 9.26. The van der Waals surface area contributed by atoms with Gasteiger partial charge in [0.15, 0.2) is 0 Å². The van der Waals surface area contributed by atoms with E-state index in [0.717, 1.165) is 6.42 Å². The van der Waals surface area contributed by atoms with Crippen molar-refractivity contribution in [3.63, 3.8) is 0 Å². The van der Waals surface area contributed by atoms with Gasteiger partial charge in [-0.2, -0.15) is 0 Å². The average Bonchev–Trinajstić information content (AvgIpc) is 2.39. The molecule has 0 fully saturated rings. The molecular weight excluding hydrogens is 218 g/mol. The van der Waals surface area contributed by atoms with Gasteiger partial charge in [-0.25, -0.2) is 0 Å². The van der Waals surface area contributed by atoms with Crippen LogP contribution in [0, 0.1) is 5.41 Å². The van der Waals surface area contributed by atoms with Gasteiger partial charge in [-0.05, 0) is 29.9 Å². The molecule has 0 saturated heterocycles. The quantitative estimate of drug-likeness (QED) is 0.267. The summed E-state index contributed by atoms with van der Waals surface area (Å²) in [6.07, 6.45) is 15.0. The molecule has 18 heavy (non-hydrogen) atoms. The van der Waals surface area contributed by atoms with E-state index in [1.807, 2.05) is 12.3 Å². The summed E-state index contributed by atoms with van der Waals surface area (Å²) in [6, 6.07) is 0. The van der Waals surface area contributed by atoms with Gasteiger partial charge in [-0.15, -0.1) is 0 Å². The lowest BCUT2D eigenvalue weighted by Gasteiger charge is -2.30. The Balaban J connectivity index is 4.65. The van der Waals surface area contributed by atoms with Crippen LogP contribution in [-0.2, 0) is 0 Å². The van der Waals surface area contributed by atoms with Gasteiger partial charge in [-0.3, -0.25) is 4.99 Å². The Hall–Kier alpha value is -1.11. The van der Waals surface area contributed by atoms with Crippen molar-refractivity contribution in [2.75, 3.05) is 0 Å². The van der Waals surface area contributed by atoms with Crippen molar-refractivity contribution in [3.05, 3.63) is 37.1 Å². The highest BCUT2D eigenvalue weighted by Gasteiger charge is 2.24. The van der Waals surface area contributed by atoms with E-state index in [-0.39, 0.29) is 5.41 Å². The standard InChI is InChI=1S/C17H29N/c1-6-10-11-12-14-17(5,8-3)16(7-2)13-15-18-9-4/h7,9,13,15H,2,4,6,8,10-12,14H2,1,3,5H3/b16-13+,18-15-. The monoisotopic (exact) mass is 247 g/mol. The number of aliphatic imine (C=N–C) groups is 1. The van der Waals surface area contributed by atoms with Gasteiger partial charge in [0.05, 0.1) is 0 Å². The van der Waals surface area contributed by atoms with Crippen LogP contribution in [0.1, 0.15) is 59.3 Å². The molecule has 1 atom stereocenters. The lowest BCUT2D eigenvalue weighted by atomic mass is 9.75. The van der Waals surface area contributed by atoms with Gasteiger partial charge in [0.2, 0.25) is 0 Å². The number of unbranched alkanes of at least 4 members (excludes halogenated alkanes) is 3. The van der Waals surface area contributed by atoms with Crippen LogP contribution in [0.5, 0.6) is 0 Å². The first-order chi connectivity index (χ1) is 8.64. The number of hydrogen-bond donors (Lipinski definition) is 0. The zero-order valence-corrected chi connectivity index (χ0v) is 12.4. The SMILES string of the molecule is C=C/N=C\C=C(/C=C)C(C)(CC)CCCCCC. The molecule has 0 aromatic carbocycles. The third-order valence-corrected chi connectivity index (χ3v) is 3.72. The normalized spacial score (nSPS) is 15.6. The van der Waals surface area contributed by atoms with E-state index < -0.39 is 0 Å². The van der Waals surface area contributed by atoms with Crippen LogP contribution in [0.15, 0.2) is 42.1 Å². The van der Waals surface area contributed by atoms with Gasteiger partial charge in [0.1, 0.15) is 0 Å². The maximum atomic E-state index is 4.03. The van der Waals surface area contributed by atoms with Crippen molar-refractivity contribution >= 4 is 6.21 Å². The van der Waals surface area contributed by atoms with Gasteiger partial charge in [-0.1, -0.05) is 65.7 Å². The van der Waals surface area contributed by atoms with E-state index in [0.29, 0.717) is 0 Å². The van der Waals surface area contributed by atoms with Gasteiger partial charge >= 0.3 is 0 Å². The van der Waals surface area contributed by atoms with Crippen LogP contribution in [0.4, 0.5) is 0 Å². The molecule has 1 heteroatoms. The highest BCUT2D eigenvalue weighted by atomic mass is 14.6. The molecule has 0 aliphatic rings. The van der Waals surface area contributed by atoms with Crippen molar-refractivity contribution in [1.29, 1.82) is 0 Å². The molecule has 0 N–H and O–H groups in total. The molecule has 102 valence electrons. The average molecular weight is 247 g/mol. The molecule has 0 aromatic heterocycles. The van der Waals surface area contributed by atoms with Gasteiger partial charge in [0, 0.05) is 12.4 Å². The molecule has 1 unspecified atom stereocenters. The van der Waals surface area contributed by atoms with Crippen LogP contribution in [-0.4, -0.2) is 6.21 Å². The predicted molar refractivity (Wildman–Crippen MR) is 84.1 cm³/mol. The lowest BCUT2D eigenvalue weighted by Crippen LogP contribution is -2.17. The molecular formula is C17H29N. The summed E-state index contributed by atoms with van der Waals surface area (Å²) in [5.41, 5.74) is 1.51. The first-order valence-corrected chi connectivity index (χ1v) is 7.11. The summed E-state index contributed by atoms with van der Waals surface area (Å²) in [4.78, 5) is 4.03. The minimum absolute atomic E-state index is 0.225. The number of nitrogens with zero attached hydrogens (tertiary/aromatic N) is 1. The second-order valence-electron chi connectivity index (χ2n) is 5.03. The van der Waals surface area contributed by atoms with E-state index in [4.69, 9.17) is 0 Å². The van der Waals surface area contributed by atoms with Crippen LogP contribution >= 0.6 is 0 Å². The molecule has 0 saturated carbocycles. The zero-order chi connectivity index (χ0) is 13.9. The summed E-state index contributed by atoms with van der Waals surface area (Å²) < 4.78 is 0. The maximum absolute atomic E-state index is 4.03. The lowest BCUT2D eigenvalue weighted by molar-refractivity contribution is 0.342. The summed E-state index contributed by atoms with van der Waals surface area (Å²) in [5, 5.41) is 0. The second kappa shape index (κ2) is 9.87. The smallest absolute Gasteiger partial charge is 0.0270 e. The third-order valence-electron chi connectivity index (χ3n) is 3.72. The van der Waals surface area contributed by atoms with Crippen molar-refractivity contribution in [3.8, 4) is 0 Å². The fourth-order valence-corrected chi connectivity index (χ4v) is 2.17. The van der Waals surface area contributed by atoms with E-state index in [9.17, 15) is 0 Å². The molecule has 0 radical (unpaired) electrons. The molecule has 0 rings (SSSR count). The molecule has 0 bridgehead atoms. The Bertz CT molecular complexity index is 299. The van der Waals surface area contributed by atoms with E-state index in [2.05, 4.69) is 45.0 Å². The van der Waals surface area contributed by atoms with Gasteiger partial charge in [0.25, 0.3) is 0 Å². The van der Waals surface area contributed by atoms with Crippen LogP contribution < -0.4 is 0 Å². The van der Waals surface area contributed by atoms with E-state index >= 15 is 0 Å². The number of allylic oxidation sites excluding steroid dienone is 3. The largest absolute Gasteiger partial charge is 0.265 e. The summed E-state index contributed by atoms with van der Waals surface area (Å²) >= 11 is 0. The summed E-state index contributed by atoms with van der Waals surface area (Å²) in [6.45, 7) is 14.4. The van der Waals surface area contributed by atoms with Crippen LogP contribution in [0.2, 0.25) is 0 Å². The van der Waals surface area contributed by atoms with E-state index in [1.54, 1.807) is 6.20 Å². The Morgan fingerprint density at radius 2 is 1.89 bits per heavy atom. The molecule has 0 aliphatic heterocycles. The topological polar surface area (TPSA) is 12.4 Å². The van der Waals surface area contributed by atoms with Crippen molar-refractivity contribution in [2.45, 2.75) is 59.3 Å². The van der Waals surface area contributed by atoms with Crippen LogP contribution in [0.3, 0.4) is 0 Å². The van der Waals surface area contributed by atoms with Gasteiger partial charge < -0.3 is 0 Å². The first-order valence-electron chi connectivity index (χ1n) is 7.11. The molecule has 1 nitrogen and oxygen atoms in total. The molecule has 0 aliphatic carbocycles. The predicted octanol–water partition coefficient (Wildman–Crippen LogP) is 5.70. The summed E-state index contributed by atoms with van der Waals surface area (Å²) in [5.74, 6) is 0. The molecule has 0 aromatic rings. The fraction of sp³-hybridized carbons (Fsp3) is 0.588. The Morgan fingerprint density at radius 1 is 1.17 bits per heavy atom. The second-order valence-corrected chi connectivity index (χ2v) is 5.03. The molecule has 0 heterocycles. The maximum Gasteiger partial charge on any atom is 0.0270 e. The number of rotatable bonds is 10. The molecule has 0 amide bonds. The Morgan fingerprint density at radius 3 is 2.39 bits per heavy atom. The zero-order valence-electron chi connectivity index (χ0n) is 12.4. The van der Waals surface area contributed by atoms with Crippen molar-refractivity contribution in [2.24, 2.45) is 10.4 Å². The number of hydrogen-bond acceptors (Lipinski definition) is 1. The summed E-state index contributed by atoms with van der Waals surface area (Å²) in [7, 11) is 0. The van der Waals surface area contributed by atoms with Crippen LogP contribution in [0.25, 0.3) is 0 Å². The van der Waals surface area contributed by atoms with Crippen molar-refractivity contribution in [1.82, 2.24) is 0 Å². The molecule has 0 spiro atoms. The van der Waals surface area contributed by atoms with Crippen molar-refractivity contribution < 1.29 is 0 Å². The third kappa shape index (κ3) is 6.00.